The molecule has 232 valence electrons. The van der Waals surface area contributed by atoms with E-state index in [-0.39, 0.29) is 18.1 Å². The molecule has 0 bridgehead atoms. The van der Waals surface area contributed by atoms with E-state index < -0.39 is 33.9 Å². The lowest BCUT2D eigenvalue weighted by atomic mass is 9.95. The van der Waals surface area contributed by atoms with E-state index in [0.29, 0.717) is 53.6 Å². The molecule has 0 radical (unpaired) electrons. The van der Waals surface area contributed by atoms with Crippen LogP contribution in [-0.2, 0) is 18.5 Å². The number of pyridine rings is 1. The molecular formula is C33H36FN3O6S. The number of nitrogens with one attached hydrogen (secondary N) is 2. The Hall–Kier alpha value is -3.77. The van der Waals surface area contributed by atoms with Crippen molar-refractivity contribution in [2.75, 3.05) is 31.8 Å². The number of ether oxygens (including phenoxy) is 3. The van der Waals surface area contributed by atoms with Gasteiger partial charge < -0.3 is 28.5 Å². The number of H-pyrrole nitrogens is 1. The summed E-state index contributed by atoms with van der Waals surface area (Å²) < 4.78 is 38.0. The zero-order valence-electron chi connectivity index (χ0n) is 24.9. The third-order valence-electron chi connectivity index (χ3n) is 8.17. The summed E-state index contributed by atoms with van der Waals surface area (Å²) in [5.41, 5.74) is 2.62. The minimum absolute atomic E-state index is 0.0418. The Morgan fingerprint density at radius 2 is 1.82 bits per heavy atom. The van der Waals surface area contributed by atoms with Gasteiger partial charge in [-0.25, -0.2) is 9.37 Å². The van der Waals surface area contributed by atoms with Crippen molar-refractivity contribution in [2.24, 2.45) is 0 Å². The number of carbonyl (C=O) groups is 1. The molecule has 0 amide bonds. The molecule has 2 aliphatic heterocycles. The SMILES string of the molecule is CCCC(=O)[C@H]1OCC(C)(Oc2cc3nc(-c4ccc(-c5ccc(S6(CCOC)CC(=N)O6)cc5)cc4)c(F)cc3[nH]2)[C@H]1O. The second-order valence-corrected chi connectivity index (χ2v) is 14.4. The van der Waals surface area contributed by atoms with Gasteiger partial charge in [0.15, 0.2) is 23.1 Å². The van der Waals surface area contributed by atoms with Gasteiger partial charge in [0.25, 0.3) is 0 Å². The minimum atomic E-state index is -1.51. The standard InChI is InChI=1S/C33H36FN3O6S/c1-4-5-27(38)31-32(39)33(2,19-41-31)42-29-17-26-25(36-29)16-24(34)30(37-26)22-8-6-20(7-9-22)21-10-12-23(13-11-21)44(15-14-40-3)18-28(35)43-44/h6-13,16-17,31-32,35-36,39H,4-5,14-15,18-19H2,1-3H3/t31-,32+,33?/m1/s1. The van der Waals surface area contributed by atoms with E-state index in [4.69, 9.17) is 23.8 Å². The average molecular weight is 622 g/mol. The maximum atomic E-state index is 15.2. The van der Waals surface area contributed by atoms with Gasteiger partial charge in [-0.05, 0) is 36.6 Å². The predicted octanol–water partition coefficient (Wildman–Crippen LogP) is 6.03. The fourth-order valence-corrected chi connectivity index (χ4v) is 8.30. The third-order valence-corrected chi connectivity index (χ3v) is 11.4. The van der Waals surface area contributed by atoms with Crippen molar-refractivity contribution in [1.29, 1.82) is 5.41 Å². The van der Waals surface area contributed by atoms with Crippen molar-refractivity contribution < 1.29 is 32.7 Å². The van der Waals surface area contributed by atoms with Crippen LogP contribution in [0.2, 0.25) is 0 Å². The lowest BCUT2D eigenvalue weighted by Crippen LogP contribution is -2.48. The number of halogens is 1. The van der Waals surface area contributed by atoms with Crippen LogP contribution in [0.4, 0.5) is 4.39 Å². The average Bonchev–Trinajstić information content (AvgIpc) is 3.52. The van der Waals surface area contributed by atoms with Crippen LogP contribution in [0.15, 0.2) is 65.6 Å². The summed E-state index contributed by atoms with van der Waals surface area (Å²) in [6, 6.07) is 18.8. The van der Waals surface area contributed by atoms with Crippen LogP contribution in [-0.4, -0.2) is 76.4 Å². The lowest BCUT2D eigenvalue weighted by molar-refractivity contribution is -0.132. The summed E-state index contributed by atoms with van der Waals surface area (Å²) in [4.78, 5) is 21.0. The van der Waals surface area contributed by atoms with E-state index in [0.717, 1.165) is 21.8 Å². The summed E-state index contributed by atoms with van der Waals surface area (Å²) in [7, 11) is 0.154. The molecule has 2 aliphatic rings. The van der Waals surface area contributed by atoms with E-state index >= 15 is 4.39 Å². The summed E-state index contributed by atoms with van der Waals surface area (Å²) in [5, 5.41) is 18.6. The quantitative estimate of drug-likeness (QED) is 0.187. The number of fused-ring (bicyclic) bond motifs is 1. The van der Waals surface area contributed by atoms with Crippen molar-refractivity contribution in [3.05, 3.63) is 66.5 Å². The number of methoxy groups -OCH3 is 1. The molecule has 2 unspecified atom stereocenters. The molecule has 3 N–H and O–H groups in total. The first kappa shape index (κ1) is 30.3. The van der Waals surface area contributed by atoms with Gasteiger partial charge in [-0.1, -0.05) is 53.6 Å². The summed E-state index contributed by atoms with van der Waals surface area (Å²) >= 11 is 0. The number of nitrogens with zero attached hydrogens (tertiary/aromatic N) is 1. The number of hydrogen-bond donors (Lipinski definition) is 3. The van der Waals surface area contributed by atoms with Crippen LogP contribution < -0.4 is 4.74 Å². The van der Waals surface area contributed by atoms with Gasteiger partial charge in [0.2, 0.25) is 5.90 Å². The fraction of sp³-hybridized carbons (Fsp3) is 0.364. The van der Waals surface area contributed by atoms with E-state index in [1.54, 1.807) is 20.1 Å². The second kappa shape index (κ2) is 12.0. The summed E-state index contributed by atoms with van der Waals surface area (Å²) in [6.45, 7) is 4.21. The van der Waals surface area contributed by atoms with Crippen molar-refractivity contribution >= 4 is 33.0 Å². The Labute approximate surface area is 256 Å². The first-order valence-electron chi connectivity index (χ1n) is 14.6. The van der Waals surface area contributed by atoms with Gasteiger partial charge in [-0.2, -0.15) is 0 Å². The zero-order chi connectivity index (χ0) is 31.1. The first-order chi connectivity index (χ1) is 21.1. The molecule has 2 saturated heterocycles. The number of carbonyl (C=O) groups excluding carboxylic acids is 1. The monoisotopic (exact) mass is 621 g/mol. The van der Waals surface area contributed by atoms with Gasteiger partial charge in [-0.15, -0.1) is 0 Å². The molecule has 4 heterocycles. The Morgan fingerprint density at radius 3 is 2.45 bits per heavy atom. The maximum Gasteiger partial charge on any atom is 0.206 e. The Bertz CT molecular complexity index is 1680. The molecule has 11 heteroatoms. The number of ketones is 1. The van der Waals surface area contributed by atoms with Gasteiger partial charge in [0.05, 0.1) is 30.0 Å². The van der Waals surface area contributed by atoms with Crippen LogP contribution in [0, 0.1) is 11.2 Å². The highest BCUT2D eigenvalue weighted by molar-refractivity contribution is 8.32. The van der Waals surface area contributed by atoms with Crippen molar-refractivity contribution in [3.8, 4) is 28.3 Å². The Balaban J connectivity index is 1.18. The van der Waals surface area contributed by atoms with Crippen LogP contribution in [0.5, 0.6) is 5.88 Å². The lowest BCUT2D eigenvalue weighted by Gasteiger charge is -2.47. The number of aliphatic hydroxyl groups excluding tert-OH is 1. The molecule has 2 aromatic heterocycles. The highest BCUT2D eigenvalue weighted by Crippen LogP contribution is 2.63. The van der Waals surface area contributed by atoms with Gasteiger partial charge in [-0.3, -0.25) is 10.2 Å². The first-order valence-corrected chi connectivity index (χ1v) is 16.5. The molecule has 4 aromatic rings. The van der Waals surface area contributed by atoms with Gasteiger partial charge in [0, 0.05) is 41.9 Å². The number of benzene rings is 2. The molecule has 0 saturated carbocycles. The third kappa shape index (κ3) is 5.61. The molecular weight excluding hydrogens is 585 g/mol. The molecule has 6 rings (SSSR count). The smallest absolute Gasteiger partial charge is 0.206 e. The van der Waals surface area contributed by atoms with Gasteiger partial charge in [0.1, 0.15) is 17.9 Å². The van der Waals surface area contributed by atoms with Crippen molar-refractivity contribution in [2.45, 2.75) is 49.4 Å². The number of aromatic nitrogens is 2. The van der Waals surface area contributed by atoms with Gasteiger partial charge >= 0.3 is 0 Å². The normalized spacial score (nSPS) is 26.2. The summed E-state index contributed by atoms with van der Waals surface area (Å²) in [5.74, 6) is 1.37. The second-order valence-electron chi connectivity index (χ2n) is 11.5. The number of rotatable bonds is 11. The number of aliphatic hydroxyl groups is 1. The highest BCUT2D eigenvalue weighted by Gasteiger charge is 2.50. The minimum Gasteiger partial charge on any atom is -0.467 e. The summed E-state index contributed by atoms with van der Waals surface area (Å²) in [6.07, 6.45) is -1.08. The molecule has 0 aliphatic carbocycles. The van der Waals surface area contributed by atoms with E-state index in [1.165, 1.54) is 6.07 Å². The van der Waals surface area contributed by atoms with Crippen LogP contribution in [0.25, 0.3) is 33.4 Å². The zero-order valence-corrected chi connectivity index (χ0v) is 25.7. The van der Waals surface area contributed by atoms with E-state index in [1.807, 2.05) is 43.3 Å². The molecule has 2 aromatic carbocycles. The molecule has 44 heavy (non-hydrogen) atoms. The highest BCUT2D eigenvalue weighted by atomic mass is 32.3. The van der Waals surface area contributed by atoms with Crippen LogP contribution in [0.3, 0.4) is 0 Å². The molecule has 2 fully saturated rings. The van der Waals surface area contributed by atoms with Crippen LogP contribution in [0.1, 0.15) is 26.7 Å². The molecule has 4 atom stereocenters. The number of Topliss-reactive ketones (excluding diaryl/α,β-unsaturated/α-hetero) is 1. The number of hydrogen-bond acceptors (Lipinski definition) is 8. The molecule has 9 nitrogen and oxygen atoms in total. The van der Waals surface area contributed by atoms with Crippen molar-refractivity contribution in [3.63, 3.8) is 0 Å². The Kier molecular flexibility index (Phi) is 8.23. The maximum absolute atomic E-state index is 15.2. The largest absolute Gasteiger partial charge is 0.467 e. The van der Waals surface area contributed by atoms with Crippen molar-refractivity contribution in [1.82, 2.24) is 9.97 Å². The number of aromatic amines is 1. The van der Waals surface area contributed by atoms with E-state index in [9.17, 15) is 9.90 Å². The predicted molar refractivity (Wildman–Crippen MR) is 168 cm³/mol. The Morgan fingerprint density at radius 1 is 1.16 bits per heavy atom. The van der Waals surface area contributed by atoms with E-state index in [2.05, 4.69) is 22.1 Å². The van der Waals surface area contributed by atoms with Crippen LogP contribution >= 0.6 is 10.3 Å². The fourth-order valence-electron chi connectivity index (χ4n) is 5.71. The topological polar surface area (TPSA) is 127 Å². The molecule has 0 spiro atoms.